The molecule has 1 aliphatic carbocycles. The summed E-state index contributed by atoms with van der Waals surface area (Å²) in [4.78, 5) is 19.2. The number of anilines is 2. The predicted molar refractivity (Wildman–Crippen MR) is 89.8 cm³/mol. The molecule has 5 nitrogen and oxygen atoms in total. The van der Waals surface area contributed by atoms with Gasteiger partial charge in [-0.2, -0.15) is 5.26 Å². The van der Waals surface area contributed by atoms with Crippen LogP contribution in [0.2, 0.25) is 5.02 Å². The van der Waals surface area contributed by atoms with Crippen molar-refractivity contribution in [2.24, 2.45) is 5.92 Å². The first-order chi connectivity index (χ1) is 11.2. The molecule has 114 valence electrons. The van der Waals surface area contributed by atoms with Crippen LogP contribution in [0.15, 0.2) is 53.4 Å². The number of nitrogens with one attached hydrogen (secondary N) is 2. The lowest BCUT2D eigenvalue weighted by Gasteiger charge is -2.11. The highest BCUT2D eigenvalue weighted by Crippen LogP contribution is 2.25. The number of nitrogens with zero attached hydrogens (tertiary/aromatic N) is 2. The fourth-order valence-electron chi connectivity index (χ4n) is 2.34. The lowest BCUT2D eigenvalue weighted by molar-refractivity contribution is 0.753. The Morgan fingerprint density at radius 1 is 1.30 bits per heavy atom. The molecule has 0 saturated carbocycles. The highest BCUT2D eigenvalue weighted by Gasteiger charge is 2.14. The van der Waals surface area contributed by atoms with E-state index in [4.69, 9.17) is 11.6 Å². The third kappa shape index (κ3) is 3.33. The van der Waals surface area contributed by atoms with E-state index in [1.165, 1.54) is 0 Å². The summed E-state index contributed by atoms with van der Waals surface area (Å²) in [5.74, 6) is 0.925. The summed E-state index contributed by atoms with van der Waals surface area (Å²) in [7, 11) is 0. The van der Waals surface area contributed by atoms with E-state index in [1.54, 1.807) is 18.2 Å². The van der Waals surface area contributed by atoms with Gasteiger partial charge in [-0.05, 0) is 12.1 Å². The highest BCUT2D eigenvalue weighted by molar-refractivity contribution is 6.33. The first-order valence-corrected chi connectivity index (χ1v) is 7.45. The number of aromatic nitrogens is 2. The number of benzene rings is 1. The molecule has 0 atom stereocenters. The Morgan fingerprint density at radius 3 is 2.74 bits per heavy atom. The second kappa shape index (κ2) is 6.51. The zero-order chi connectivity index (χ0) is 16.2. The number of hydrogen-bond acceptors (Lipinski definition) is 4. The minimum absolute atomic E-state index is 0.0637. The molecule has 23 heavy (non-hydrogen) atoms. The van der Waals surface area contributed by atoms with Gasteiger partial charge in [-0.3, -0.25) is 4.79 Å². The average Bonchev–Trinajstić information content (AvgIpc) is 3.02. The normalized spacial score (nSPS) is 13.2. The molecule has 0 radical (unpaired) electrons. The number of para-hydroxylation sites is 1. The molecule has 1 aromatic heterocycles. The monoisotopic (exact) mass is 324 g/mol. The van der Waals surface area contributed by atoms with Crippen molar-refractivity contribution < 1.29 is 0 Å². The Labute approximate surface area is 138 Å². The molecule has 1 aromatic carbocycles. The fourth-order valence-corrected chi connectivity index (χ4v) is 2.52. The summed E-state index contributed by atoms with van der Waals surface area (Å²) in [5, 5.41) is 12.7. The van der Waals surface area contributed by atoms with Gasteiger partial charge in [0.15, 0.2) is 11.4 Å². The molecule has 0 unspecified atom stereocenters. The van der Waals surface area contributed by atoms with Gasteiger partial charge in [0.1, 0.15) is 11.9 Å². The lowest BCUT2D eigenvalue weighted by atomic mass is 10.1. The smallest absolute Gasteiger partial charge is 0.271 e. The van der Waals surface area contributed by atoms with Crippen LogP contribution < -0.4 is 10.9 Å². The second-order valence-electron chi connectivity index (χ2n) is 5.09. The van der Waals surface area contributed by atoms with Gasteiger partial charge in [0, 0.05) is 12.3 Å². The summed E-state index contributed by atoms with van der Waals surface area (Å²) in [6.07, 6.45) is 8.52. The molecule has 0 fully saturated rings. The van der Waals surface area contributed by atoms with E-state index >= 15 is 0 Å². The van der Waals surface area contributed by atoms with Gasteiger partial charge in [0.2, 0.25) is 0 Å². The second-order valence-corrected chi connectivity index (χ2v) is 5.50. The van der Waals surface area contributed by atoms with E-state index in [1.807, 2.05) is 36.4 Å². The van der Waals surface area contributed by atoms with Crippen LogP contribution in [0.25, 0.3) is 0 Å². The molecule has 0 aliphatic heterocycles. The molecule has 0 bridgehead atoms. The minimum Gasteiger partial charge on any atom is -0.338 e. The summed E-state index contributed by atoms with van der Waals surface area (Å²) in [5.41, 5.74) is 0.0690. The highest BCUT2D eigenvalue weighted by atomic mass is 35.5. The zero-order valence-corrected chi connectivity index (χ0v) is 12.8. The van der Waals surface area contributed by atoms with Crippen molar-refractivity contribution in [2.75, 3.05) is 5.32 Å². The van der Waals surface area contributed by atoms with Crippen molar-refractivity contribution in [1.29, 1.82) is 5.26 Å². The van der Waals surface area contributed by atoms with Gasteiger partial charge in [0.05, 0.1) is 10.7 Å². The Bertz CT molecular complexity index is 880. The largest absolute Gasteiger partial charge is 0.338 e. The molecule has 0 saturated heterocycles. The van der Waals surface area contributed by atoms with Crippen molar-refractivity contribution in [1.82, 2.24) is 9.97 Å². The maximum absolute atomic E-state index is 12.1. The summed E-state index contributed by atoms with van der Waals surface area (Å²) in [6, 6.07) is 8.97. The van der Waals surface area contributed by atoms with E-state index in [2.05, 4.69) is 15.3 Å². The van der Waals surface area contributed by atoms with Crippen LogP contribution in [-0.4, -0.2) is 9.97 Å². The third-order valence-corrected chi connectivity index (χ3v) is 3.79. The van der Waals surface area contributed by atoms with E-state index < -0.39 is 5.56 Å². The van der Waals surface area contributed by atoms with Crippen molar-refractivity contribution in [3.63, 3.8) is 0 Å². The van der Waals surface area contributed by atoms with Crippen LogP contribution in [-0.2, 0) is 6.42 Å². The summed E-state index contributed by atoms with van der Waals surface area (Å²) < 4.78 is 0. The first-order valence-electron chi connectivity index (χ1n) is 7.07. The molecule has 1 heterocycles. The van der Waals surface area contributed by atoms with Gasteiger partial charge >= 0.3 is 0 Å². The Hall–Kier alpha value is -2.84. The van der Waals surface area contributed by atoms with E-state index in [0.29, 0.717) is 23.0 Å². The van der Waals surface area contributed by atoms with Crippen molar-refractivity contribution in [2.45, 2.75) is 6.42 Å². The Morgan fingerprint density at radius 2 is 2.04 bits per heavy atom. The van der Waals surface area contributed by atoms with Crippen LogP contribution in [0.3, 0.4) is 0 Å². The van der Waals surface area contributed by atoms with Crippen molar-refractivity contribution in [3.8, 4) is 6.07 Å². The maximum Gasteiger partial charge on any atom is 0.271 e. The number of halogens is 1. The van der Waals surface area contributed by atoms with Crippen molar-refractivity contribution >= 4 is 23.1 Å². The molecule has 6 heteroatoms. The van der Waals surface area contributed by atoms with E-state index in [9.17, 15) is 10.1 Å². The molecule has 2 N–H and O–H groups in total. The Balaban J connectivity index is 1.97. The van der Waals surface area contributed by atoms with Gasteiger partial charge in [-0.15, -0.1) is 0 Å². The van der Waals surface area contributed by atoms with Crippen LogP contribution in [0.4, 0.5) is 11.5 Å². The molecule has 1 aliphatic rings. The van der Waals surface area contributed by atoms with E-state index in [0.717, 1.165) is 0 Å². The fraction of sp³-hybridized carbons (Fsp3) is 0.118. The topological polar surface area (TPSA) is 81.6 Å². The third-order valence-electron chi connectivity index (χ3n) is 3.46. The average molecular weight is 325 g/mol. The van der Waals surface area contributed by atoms with Gasteiger partial charge in [-0.25, -0.2) is 4.98 Å². The predicted octanol–water partition coefficient (Wildman–Crippen LogP) is 3.32. The summed E-state index contributed by atoms with van der Waals surface area (Å²) in [6.45, 7) is 0. The molecule has 2 aromatic rings. The Kier molecular flexibility index (Phi) is 4.26. The number of aromatic amines is 1. The standard InChI is InChI=1S/C17H13ClN4O/c18-13-7-3-4-8-14(13)20-16-12(10-19)17(23)22-15(21-16)9-11-5-1-2-6-11/h1-8,11H,9H2,(H2,20,21,22,23). The lowest BCUT2D eigenvalue weighted by Crippen LogP contribution is -2.19. The van der Waals surface area contributed by atoms with Crippen LogP contribution >= 0.6 is 11.6 Å². The molecule has 3 rings (SSSR count). The molecular formula is C17H13ClN4O. The van der Waals surface area contributed by atoms with Crippen LogP contribution in [0.5, 0.6) is 0 Å². The van der Waals surface area contributed by atoms with Crippen LogP contribution in [0.1, 0.15) is 11.4 Å². The maximum atomic E-state index is 12.1. The van der Waals surface area contributed by atoms with Gasteiger partial charge < -0.3 is 10.3 Å². The first kappa shape index (κ1) is 15.1. The van der Waals surface area contributed by atoms with E-state index in [-0.39, 0.29) is 17.3 Å². The minimum atomic E-state index is -0.460. The summed E-state index contributed by atoms with van der Waals surface area (Å²) >= 11 is 6.11. The molecular weight excluding hydrogens is 312 g/mol. The van der Waals surface area contributed by atoms with Crippen molar-refractivity contribution in [3.05, 3.63) is 75.3 Å². The number of rotatable bonds is 4. The number of allylic oxidation sites excluding steroid dienone is 4. The molecule has 0 spiro atoms. The van der Waals surface area contributed by atoms with Gasteiger partial charge in [0.25, 0.3) is 5.56 Å². The quantitative estimate of drug-likeness (QED) is 0.903. The molecule has 0 amide bonds. The number of nitriles is 1. The van der Waals surface area contributed by atoms with Crippen LogP contribution in [0, 0.1) is 17.2 Å². The number of hydrogen-bond donors (Lipinski definition) is 2. The SMILES string of the molecule is N#Cc1c(Nc2ccccc2Cl)nc(CC2C=CC=C2)[nH]c1=O. The number of H-pyrrole nitrogens is 1. The zero-order valence-electron chi connectivity index (χ0n) is 12.1. The van der Waals surface area contributed by atoms with Gasteiger partial charge in [-0.1, -0.05) is 48.0 Å².